The quantitative estimate of drug-likeness (QED) is 0.483. The number of rotatable bonds is 6. The summed E-state index contributed by atoms with van der Waals surface area (Å²) in [7, 11) is 1.33. The Morgan fingerprint density at radius 1 is 1.28 bits per heavy atom. The molecule has 8 heteroatoms. The van der Waals surface area contributed by atoms with Crippen molar-refractivity contribution in [2.45, 2.75) is 57.0 Å². The summed E-state index contributed by atoms with van der Waals surface area (Å²) in [5.41, 5.74) is 2.15. The maximum Gasteiger partial charge on any atom is 0.339 e. The summed E-state index contributed by atoms with van der Waals surface area (Å²) in [5.74, 6) is 0.378. The van der Waals surface area contributed by atoms with Crippen LogP contribution in [0.15, 0.2) is 5.16 Å². The Hall–Kier alpha value is -2.09. The van der Waals surface area contributed by atoms with E-state index in [9.17, 15) is 9.59 Å². The molecule has 3 rings (SSSR count). The average Bonchev–Trinajstić information content (AvgIpc) is 3.28. The molecule has 1 aliphatic carbocycles. The number of nitrogens with one attached hydrogen (secondary N) is 1. The minimum Gasteiger partial charge on any atom is -0.465 e. The van der Waals surface area contributed by atoms with Gasteiger partial charge in [-0.1, -0.05) is 11.8 Å². The van der Waals surface area contributed by atoms with E-state index in [0.29, 0.717) is 28.6 Å². The first-order valence-electron chi connectivity index (χ1n) is 8.25. The molecule has 0 saturated heterocycles. The molecule has 2 aromatic heterocycles. The van der Waals surface area contributed by atoms with Crippen molar-refractivity contribution in [3.8, 4) is 0 Å². The second-order valence-electron chi connectivity index (χ2n) is 6.37. The normalized spacial score (nSPS) is 15.2. The summed E-state index contributed by atoms with van der Waals surface area (Å²) in [5, 5.41) is 8.79. The number of aromatic nitrogens is 4. The smallest absolute Gasteiger partial charge is 0.339 e. The van der Waals surface area contributed by atoms with Crippen LogP contribution in [0.4, 0.5) is 0 Å². The van der Waals surface area contributed by atoms with E-state index in [1.54, 1.807) is 13.8 Å². The fourth-order valence-corrected chi connectivity index (χ4v) is 4.03. The number of H-pyrrole nitrogens is 1. The lowest BCUT2D eigenvalue weighted by molar-refractivity contribution is 0.0599. The third-order valence-corrected chi connectivity index (χ3v) is 5.53. The summed E-state index contributed by atoms with van der Waals surface area (Å²) in [4.78, 5) is 27.8. The Balaban J connectivity index is 1.83. The standard InChI is InChI=1S/C17H22N4O3S/c1-8-13(16(23)24-5)9(2)18-14(8)15(22)10(3)25-17-20-19-11(4)21(17)12-6-7-12/h10,12,18H,6-7H2,1-5H3/t10-/m0/s1. The van der Waals surface area contributed by atoms with Gasteiger partial charge in [0.25, 0.3) is 0 Å². The molecule has 0 unspecified atom stereocenters. The molecule has 0 amide bonds. The van der Waals surface area contributed by atoms with Gasteiger partial charge in [-0.2, -0.15) is 0 Å². The summed E-state index contributed by atoms with van der Waals surface area (Å²) in [6, 6.07) is 0.459. The van der Waals surface area contributed by atoms with Gasteiger partial charge in [-0.25, -0.2) is 4.79 Å². The molecule has 2 aromatic rings. The molecule has 0 aliphatic heterocycles. The van der Waals surface area contributed by atoms with Crippen LogP contribution >= 0.6 is 11.8 Å². The summed E-state index contributed by atoms with van der Waals surface area (Å²) in [6.07, 6.45) is 2.26. The van der Waals surface area contributed by atoms with E-state index < -0.39 is 5.97 Å². The number of aromatic amines is 1. The molecule has 0 spiro atoms. The van der Waals surface area contributed by atoms with Crippen LogP contribution in [-0.4, -0.2) is 43.9 Å². The van der Waals surface area contributed by atoms with E-state index in [4.69, 9.17) is 4.74 Å². The number of esters is 1. The number of hydrogen-bond acceptors (Lipinski definition) is 6. The average molecular weight is 362 g/mol. The molecular weight excluding hydrogens is 340 g/mol. The van der Waals surface area contributed by atoms with Gasteiger partial charge in [0.1, 0.15) is 5.82 Å². The number of ether oxygens (including phenoxy) is 1. The van der Waals surface area contributed by atoms with E-state index in [1.807, 2.05) is 13.8 Å². The largest absolute Gasteiger partial charge is 0.465 e. The van der Waals surface area contributed by atoms with Crippen LogP contribution in [0.1, 0.15) is 63.7 Å². The van der Waals surface area contributed by atoms with Gasteiger partial charge in [-0.05, 0) is 46.1 Å². The Kier molecular flexibility index (Phi) is 4.73. The van der Waals surface area contributed by atoms with Crippen LogP contribution in [0.2, 0.25) is 0 Å². The topological polar surface area (TPSA) is 89.9 Å². The van der Waals surface area contributed by atoms with Gasteiger partial charge in [0.05, 0.1) is 23.6 Å². The number of nitrogens with zero attached hydrogens (tertiary/aromatic N) is 3. The number of aryl methyl sites for hydroxylation is 2. The lowest BCUT2D eigenvalue weighted by Crippen LogP contribution is -2.16. The Bertz CT molecular complexity index is 835. The maximum atomic E-state index is 12.9. The van der Waals surface area contributed by atoms with Crippen molar-refractivity contribution in [1.82, 2.24) is 19.7 Å². The van der Waals surface area contributed by atoms with E-state index in [0.717, 1.165) is 23.8 Å². The van der Waals surface area contributed by atoms with Crippen molar-refractivity contribution in [2.24, 2.45) is 0 Å². The molecule has 0 aromatic carbocycles. The number of carbonyl (C=O) groups excluding carboxylic acids is 2. The third-order valence-electron chi connectivity index (χ3n) is 4.47. The highest BCUT2D eigenvalue weighted by Gasteiger charge is 2.31. The Labute approximate surface area is 150 Å². The van der Waals surface area contributed by atoms with Gasteiger partial charge in [-0.15, -0.1) is 10.2 Å². The molecule has 1 aliphatic rings. The van der Waals surface area contributed by atoms with Crippen LogP contribution in [-0.2, 0) is 4.74 Å². The molecule has 2 heterocycles. The highest BCUT2D eigenvalue weighted by molar-refractivity contribution is 8.00. The molecule has 7 nitrogen and oxygen atoms in total. The van der Waals surface area contributed by atoms with Gasteiger partial charge >= 0.3 is 5.97 Å². The molecule has 1 atom stereocenters. The van der Waals surface area contributed by atoms with Crippen LogP contribution in [0, 0.1) is 20.8 Å². The summed E-state index contributed by atoms with van der Waals surface area (Å²) >= 11 is 1.40. The lowest BCUT2D eigenvalue weighted by Gasteiger charge is -2.11. The molecule has 1 saturated carbocycles. The molecule has 1 N–H and O–H groups in total. The number of hydrogen-bond donors (Lipinski definition) is 1. The monoisotopic (exact) mass is 362 g/mol. The fourth-order valence-electron chi connectivity index (χ4n) is 3.00. The van der Waals surface area contributed by atoms with Gasteiger partial charge < -0.3 is 14.3 Å². The molecule has 1 fully saturated rings. The van der Waals surface area contributed by atoms with Crippen molar-refractivity contribution in [3.63, 3.8) is 0 Å². The third kappa shape index (κ3) is 3.22. The predicted octanol–water partition coefficient (Wildman–Crippen LogP) is 3.02. The predicted molar refractivity (Wildman–Crippen MR) is 94.3 cm³/mol. The van der Waals surface area contributed by atoms with Crippen LogP contribution < -0.4 is 0 Å². The summed E-state index contributed by atoms with van der Waals surface area (Å²) in [6.45, 7) is 7.31. The number of Topliss-reactive ketones (excluding diaryl/α,β-unsaturated/α-hetero) is 1. The minimum absolute atomic E-state index is 0.0660. The van der Waals surface area contributed by atoms with Gasteiger partial charge in [0, 0.05) is 11.7 Å². The van der Waals surface area contributed by atoms with E-state index >= 15 is 0 Å². The van der Waals surface area contributed by atoms with Crippen LogP contribution in [0.3, 0.4) is 0 Å². The first-order valence-corrected chi connectivity index (χ1v) is 9.13. The Morgan fingerprint density at radius 2 is 1.96 bits per heavy atom. The number of ketones is 1. The van der Waals surface area contributed by atoms with Gasteiger partial charge in [0.2, 0.25) is 0 Å². The number of methoxy groups -OCH3 is 1. The second-order valence-corrected chi connectivity index (χ2v) is 7.68. The maximum absolute atomic E-state index is 12.9. The second kappa shape index (κ2) is 6.67. The molecule has 25 heavy (non-hydrogen) atoms. The van der Waals surface area contributed by atoms with E-state index in [-0.39, 0.29) is 11.0 Å². The highest BCUT2D eigenvalue weighted by Crippen LogP contribution is 2.39. The molecular formula is C17H22N4O3S. The lowest BCUT2D eigenvalue weighted by atomic mass is 10.1. The number of carbonyl (C=O) groups is 2. The molecule has 0 radical (unpaired) electrons. The zero-order valence-corrected chi connectivity index (χ0v) is 15.9. The SMILES string of the molecule is COC(=O)c1c(C)[nH]c(C(=O)[C@H](C)Sc2nnc(C)n2C2CC2)c1C. The molecule has 134 valence electrons. The molecule has 0 bridgehead atoms. The van der Waals surface area contributed by atoms with Crippen LogP contribution in [0.5, 0.6) is 0 Å². The van der Waals surface area contributed by atoms with Crippen molar-refractivity contribution in [2.75, 3.05) is 7.11 Å². The minimum atomic E-state index is -0.435. The van der Waals surface area contributed by atoms with Crippen LogP contribution in [0.25, 0.3) is 0 Å². The highest BCUT2D eigenvalue weighted by atomic mass is 32.2. The van der Waals surface area contributed by atoms with E-state index in [2.05, 4.69) is 19.7 Å². The first kappa shape index (κ1) is 17.7. The zero-order chi connectivity index (χ0) is 18.3. The van der Waals surface area contributed by atoms with Crippen molar-refractivity contribution >= 4 is 23.5 Å². The fraction of sp³-hybridized carbons (Fsp3) is 0.529. The van der Waals surface area contributed by atoms with Crippen molar-refractivity contribution in [1.29, 1.82) is 0 Å². The van der Waals surface area contributed by atoms with Crippen molar-refractivity contribution < 1.29 is 14.3 Å². The van der Waals surface area contributed by atoms with E-state index in [1.165, 1.54) is 18.9 Å². The zero-order valence-electron chi connectivity index (χ0n) is 15.0. The van der Waals surface area contributed by atoms with Gasteiger partial charge in [-0.3, -0.25) is 4.79 Å². The number of thioether (sulfide) groups is 1. The Morgan fingerprint density at radius 3 is 2.56 bits per heavy atom. The van der Waals surface area contributed by atoms with Gasteiger partial charge in [0.15, 0.2) is 10.9 Å². The van der Waals surface area contributed by atoms with Crippen molar-refractivity contribution in [3.05, 3.63) is 28.3 Å². The first-order chi connectivity index (χ1) is 11.8. The summed E-state index contributed by atoms with van der Waals surface area (Å²) < 4.78 is 6.91.